The minimum Gasteiger partial charge on any atom is -0.343 e. The first kappa shape index (κ1) is 23.1. The molecule has 0 unspecified atom stereocenters. The predicted molar refractivity (Wildman–Crippen MR) is 114 cm³/mol. The molecule has 1 aliphatic rings. The fourth-order valence-electron chi connectivity index (χ4n) is 3.29. The van der Waals surface area contributed by atoms with E-state index in [-0.39, 0.29) is 24.9 Å². The predicted octanol–water partition coefficient (Wildman–Crippen LogP) is 2.17. The van der Waals surface area contributed by atoms with Crippen molar-refractivity contribution >= 4 is 27.9 Å². The van der Waals surface area contributed by atoms with Crippen LogP contribution in [0.5, 0.6) is 0 Å². The second-order valence-corrected chi connectivity index (χ2v) is 8.78. The first-order chi connectivity index (χ1) is 13.9. The van der Waals surface area contributed by atoms with E-state index in [0.717, 1.165) is 5.56 Å². The Labute approximate surface area is 174 Å². The van der Waals surface area contributed by atoms with E-state index in [2.05, 4.69) is 0 Å². The molecule has 0 bridgehead atoms. The Kier molecular flexibility index (Phi) is 8.85. The summed E-state index contributed by atoms with van der Waals surface area (Å²) in [5, 5.41) is 1.22. The molecule has 0 radical (unpaired) electrons. The third-order valence-corrected chi connectivity index (χ3v) is 6.65. The molecule has 0 aromatic heterocycles. The molecule has 0 atom stereocenters. The molecule has 0 N–H and O–H groups in total. The van der Waals surface area contributed by atoms with Crippen molar-refractivity contribution in [3.05, 3.63) is 41.3 Å². The molecule has 0 saturated carbocycles. The van der Waals surface area contributed by atoms with Crippen LogP contribution in [0.25, 0.3) is 6.08 Å². The number of nitrogens with zero attached hydrogens (tertiary/aromatic N) is 3. The van der Waals surface area contributed by atoms with Gasteiger partial charge in [0.05, 0.1) is 0 Å². The summed E-state index contributed by atoms with van der Waals surface area (Å²) in [6.45, 7) is 6.56. The third-order valence-electron chi connectivity index (χ3n) is 5.08. The van der Waals surface area contributed by atoms with Crippen LogP contribution in [-0.2, 0) is 19.6 Å². The fraction of sp³-hybridized carbons (Fsp3) is 0.524. The van der Waals surface area contributed by atoms with E-state index < -0.39 is 10.0 Å². The maximum absolute atomic E-state index is 12.5. The Morgan fingerprint density at radius 2 is 1.62 bits per heavy atom. The lowest BCUT2D eigenvalue weighted by atomic mass is 10.2. The van der Waals surface area contributed by atoms with Crippen LogP contribution in [0.15, 0.2) is 35.7 Å². The van der Waals surface area contributed by atoms with Crippen LogP contribution in [0.2, 0.25) is 0 Å². The Hall–Kier alpha value is -2.19. The van der Waals surface area contributed by atoms with Crippen LogP contribution in [0.3, 0.4) is 0 Å². The number of hydrogen-bond donors (Lipinski definition) is 0. The van der Waals surface area contributed by atoms with Crippen molar-refractivity contribution in [2.75, 3.05) is 39.3 Å². The number of carbonyl (C=O) groups excluding carboxylic acids is 2. The minimum atomic E-state index is -3.51. The molecule has 29 heavy (non-hydrogen) atoms. The molecule has 1 saturated heterocycles. The number of carbonyl (C=O) groups is 2. The summed E-state index contributed by atoms with van der Waals surface area (Å²) in [5.74, 6) is 0.0538. The van der Waals surface area contributed by atoms with Gasteiger partial charge in [0.1, 0.15) is 0 Å². The summed E-state index contributed by atoms with van der Waals surface area (Å²) in [4.78, 5) is 27.8. The van der Waals surface area contributed by atoms with Gasteiger partial charge in [0.25, 0.3) is 0 Å². The summed E-state index contributed by atoms with van der Waals surface area (Å²) in [5.41, 5.74) is 0.823. The number of sulfonamides is 1. The average Bonchev–Trinajstić information content (AvgIpc) is 2.74. The summed E-state index contributed by atoms with van der Waals surface area (Å²) in [6.07, 6.45) is 2.78. The molecule has 0 aliphatic carbocycles. The maximum atomic E-state index is 12.5. The van der Waals surface area contributed by atoms with E-state index in [1.54, 1.807) is 15.9 Å². The Morgan fingerprint density at radius 3 is 2.21 bits per heavy atom. The van der Waals surface area contributed by atoms with E-state index in [4.69, 9.17) is 0 Å². The fourth-order valence-corrected chi connectivity index (χ4v) is 4.46. The summed E-state index contributed by atoms with van der Waals surface area (Å²) in [6, 6.07) is 9.27. The minimum absolute atomic E-state index is 0.0192. The van der Waals surface area contributed by atoms with Gasteiger partial charge in [0.15, 0.2) is 0 Å². The van der Waals surface area contributed by atoms with Gasteiger partial charge < -0.3 is 9.80 Å². The largest absolute Gasteiger partial charge is 0.343 e. The van der Waals surface area contributed by atoms with Crippen molar-refractivity contribution in [3.8, 4) is 0 Å². The van der Waals surface area contributed by atoms with Gasteiger partial charge >= 0.3 is 0 Å². The third kappa shape index (κ3) is 6.97. The molecule has 8 heteroatoms. The van der Waals surface area contributed by atoms with Crippen molar-refractivity contribution in [1.82, 2.24) is 14.1 Å². The van der Waals surface area contributed by atoms with Gasteiger partial charge in [0.2, 0.25) is 21.8 Å². The maximum Gasteiger partial charge on any atom is 0.236 e. The molecule has 1 heterocycles. The molecule has 160 valence electrons. The Balaban J connectivity index is 1.78. The van der Waals surface area contributed by atoms with E-state index >= 15 is 0 Å². The van der Waals surface area contributed by atoms with E-state index in [9.17, 15) is 18.0 Å². The zero-order valence-corrected chi connectivity index (χ0v) is 18.1. The Morgan fingerprint density at radius 1 is 1.00 bits per heavy atom. The summed E-state index contributed by atoms with van der Waals surface area (Å²) < 4.78 is 26.4. The zero-order chi connectivity index (χ0) is 21.3. The molecule has 7 nitrogen and oxygen atoms in total. The SMILES string of the molecule is CCN(CC)C(=O)CCCC(=O)N1CCN(S(=O)(=O)/C=C/c2ccccc2)CC1. The first-order valence-corrected chi connectivity index (χ1v) is 11.7. The summed E-state index contributed by atoms with van der Waals surface area (Å²) >= 11 is 0. The highest BCUT2D eigenvalue weighted by Crippen LogP contribution is 2.13. The van der Waals surface area contributed by atoms with Gasteiger partial charge in [-0.25, -0.2) is 8.42 Å². The molecule has 1 fully saturated rings. The van der Waals surface area contributed by atoms with Crippen molar-refractivity contribution in [3.63, 3.8) is 0 Å². The molecule has 1 aromatic rings. The van der Waals surface area contributed by atoms with Crippen LogP contribution < -0.4 is 0 Å². The lowest BCUT2D eigenvalue weighted by molar-refractivity contribution is -0.133. The quantitative estimate of drug-likeness (QED) is 0.612. The molecule has 2 amide bonds. The zero-order valence-electron chi connectivity index (χ0n) is 17.3. The Bertz CT molecular complexity index is 796. The normalized spacial score (nSPS) is 15.6. The van der Waals surface area contributed by atoms with Crippen LogP contribution in [0.4, 0.5) is 0 Å². The van der Waals surface area contributed by atoms with Crippen LogP contribution >= 0.6 is 0 Å². The first-order valence-electron chi connectivity index (χ1n) is 10.2. The van der Waals surface area contributed by atoms with Crippen LogP contribution in [-0.4, -0.2) is 73.6 Å². The number of piperazine rings is 1. The highest BCUT2D eigenvalue weighted by Gasteiger charge is 2.27. The van der Waals surface area contributed by atoms with Gasteiger partial charge in [-0.05, 0) is 31.9 Å². The van der Waals surface area contributed by atoms with Gasteiger partial charge in [0, 0.05) is 57.5 Å². The van der Waals surface area contributed by atoms with Crippen molar-refractivity contribution in [1.29, 1.82) is 0 Å². The highest BCUT2D eigenvalue weighted by molar-refractivity contribution is 7.92. The second-order valence-electron chi connectivity index (χ2n) is 6.96. The smallest absolute Gasteiger partial charge is 0.236 e. The van der Waals surface area contributed by atoms with Gasteiger partial charge in [-0.3, -0.25) is 9.59 Å². The van der Waals surface area contributed by atoms with Gasteiger partial charge in [-0.2, -0.15) is 4.31 Å². The number of benzene rings is 1. The van der Waals surface area contributed by atoms with E-state index in [1.807, 2.05) is 44.2 Å². The van der Waals surface area contributed by atoms with Gasteiger partial charge in [-0.15, -0.1) is 0 Å². The van der Waals surface area contributed by atoms with Crippen LogP contribution in [0, 0.1) is 0 Å². The molecule has 1 aromatic carbocycles. The summed E-state index contributed by atoms with van der Waals surface area (Å²) in [7, 11) is -3.51. The van der Waals surface area contributed by atoms with Crippen LogP contribution in [0.1, 0.15) is 38.7 Å². The number of amides is 2. The standard InChI is InChI=1S/C21H31N3O4S/c1-3-22(4-2)20(25)11-8-12-21(26)23-14-16-24(17-15-23)29(27,28)18-13-19-9-6-5-7-10-19/h5-7,9-10,13,18H,3-4,8,11-12,14-17H2,1-2H3/b18-13+. The number of rotatable bonds is 9. The molecular formula is C21H31N3O4S. The highest BCUT2D eigenvalue weighted by atomic mass is 32.2. The average molecular weight is 422 g/mol. The van der Waals surface area contributed by atoms with Crippen molar-refractivity contribution in [2.45, 2.75) is 33.1 Å². The molecule has 0 spiro atoms. The van der Waals surface area contributed by atoms with E-state index in [0.29, 0.717) is 45.4 Å². The molecular weight excluding hydrogens is 390 g/mol. The van der Waals surface area contributed by atoms with E-state index in [1.165, 1.54) is 9.71 Å². The van der Waals surface area contributed by atoms with Gasteiger partial charge in [-0.1, -0.05) is 30.3 Å². The van der Waals surface area contributed by atoms with Crippen molar-refractivity contribution < 1.29 is 18.0 Å². The molecule has 1 aliphatic heterocycles. The lowest BCUT2D eigenvalue weighted by Crippen LogP contribution is -2.50. The van der Waals surface area contributed by atoms with Crippen molar-refractivity contribution in [2.24, 2.45) is 0 Å². The monoisotopic (exact) mass is 421 g/mol. The topological polar surface area (TPSA) is 78.0 Å². The second kappa shape index (κ2) is 11.1. The lowest BCUT2D eigenvalue weighted by Gasteiger charge is -2.33. The molecule has 2 rings (SSSR count). The number of hydrogen-bond acceptors (Lipinski definition) is 4.